The quantitative estimate of drug-likeness (QED) is 0.626. The lowest BCUT2D eigenvalue weighted by atomic mass is 10.0. The third-order valence-corrected chi connectivity index (χ3v) is 2.57. The zero-order chi connectivity index (χ0) is 8.43. The zero-order valence-electron chi connectivity index (χ0n) is 7.21. The van der Waals surface area contributed by atoms with Crippen molar-refractivity contribution in [3.8, 4) is 0 Å². The molecule has 0 radical (unpaired) electrons. The summed E-state index contributed by atoms with van der Waals surface area (Å²) in [5, 5.41) is 0. The molecule has 3 heteroatoms. The molecule has 1 aliphatic heterocycles. The number of nitrogens with two attached hydrogens (primary N) is 1. The number of thiocarbonyl (C=S) groups is 1. The molecule has 1 aliphatic rings. The Bertz CT molecular complexity index is 148. The van der Waals surface area contributed by atoms with Crippen molar-refractivity contribution in [2.75, 3.05) is 19.6 Å². The standard InChI is InChI=1S/C8H16N2S/c1-6-3-10(4-7(6)2)5-8(9)11/h6-7H,3-5H2,1-2H3,(H2,9,11). The first kappa shape index (κ1) is 8.94. The minimum atomic E-state index is 0.617. The molecule has 0 spiro atoms. The Morgan fingerprint density at radius 3 is 2.27 bits per heavy atom. The molecule has 2 nitrogen and oxygen atoms in total. The molecule has 64 valence electrons. The van der Waals surface area contributed by atoms with Crippen LogP contribution in [0.15, 0.2) is 0 Å². The second-order valence-corrected chi connectivity index (χ2v) is 4.14. The van der Waals surface area contributed by atoms with Crippen LogP contribution in [0, 0.1) is 11.8 Å². The van der Waals surface area contributed by atoms with Gasteiger partial charge in [0.2, 0.25) is 0 Å². The van der Waals surface area contributed by atoms with Crippen molar-refractivity contribution in [1.82, 2.24) is 4.90 Å². The SMILES string of the molecule is CC1CN(CC(N)=S)CC1C. The molecule has 1 heterocycles. The van der Waals surface area contributed by atoms with E-state index in [1.54, 1.807) is 0 Å². The molecule has 0 aliphatic carbocycles. The van der Waals surface area contributed by atoms with E-state index in [1.807, 2.05) is 0 Å². The predicted molar refractivity (Wildman–Crippen MR) is 51.6 cm³/mol. The summed E-state index contributed by atoms with van der Waals surface area (Å²) in [5.74, 6) is 1.59. The Kier molecular flexibility index (Phi) is 2.84. The van der Waals surface area contributed by atoms with E-state index < -0.39 is 0 Å². The summed E-state index contributed by atoms with van der Waals surface area (Å²) in [7, 11) is 0. The second kappa shape index (κ2) is 3.50. The summed E-state index contributed by atoms with van der Waals surface area (Å²) in [6.45, 7) is 7.66. The maximum absolute atomic E-state index is 5.45. The smallest absolute Gasteiger partial charge is 0.0870 e. The number of nitrogens with zero attached hydrogens (tertiary/aromatic N) is 1. The van der Waals surface area contributed by atoms with Gasteiger partial charge in [-0.3, -0.25) is 4.90 Å². The highest BCUT2D eigenvalue weighted by Crippen LogP contribution is 2.21. The van der Waals surface area contributed by atoms with Gasteiger partial charge in [0, 0.05) is 19.6 Å². The van der Waals surface area contributed by atoms with E-state index in [0.29, 0.717) is 4.99 Å². The molecule has 0 saturated carbocycles. The number of rotatable bonds is 2. The molecule has 1 fully saturated rings. The monoisotopic (exact) mass is 172 g/mol. The third kappa shape index (κ3) is 2.42. The highest BCUT2D eigenvalue weighted by atomic mass is 32.1. The van der Waals surface area contributed by atoms with E-state index in [-0.39, 0.29) is 0 Å². The van der Waals surface area contributed by atoms with Gasteiger partial charge >= 0.3 is 0 Å². The second-order valence-electron chi connectivity index (χ2n) is 3.61. The van der Waals surface area contributed by atoms with Crippen molar-refractivity contribution in [3.05, 3.63) is 0 Å². The largest absolute Gasteiger partial charge is 0.392 e. The lowest BCUT2D eigenvalue weighted by molar-refractivity contribution is 0.371. The number of hydrogen-bond donors (Lipinski definition) is 1. The molecule has 0 bridgehead atoms. The van der Waals surface area contributed by atoms with Crippen molar-refractivity contribution >= 4 is 17.2 Å². The lowest BCUT2D eigenvalue weighted by Crippen LogP contribution is -2.30. The van der Waals surface area contributed by atoms with Crippen LogP contribution in [-0.4, -0.2) is 29.5 Å². The highest BCUT2D eigenvalue weighted by molar-refractivity contribution is 7.80. The van der Waals surface area contributed by atoms with E-state index in [0.717, 1.165) is 31.5 Å². The van der Waals surface area contributed by atoms with Crippen molar-refractivity contribution in [3.63, 3.8) is 0 Å². The lowest BCUT2D eigenvalue weighted by Gasteiger charge is -2.13. The van der Waals surface area contributed by atoms with Crippen LogP contribution in [0.1, 0.15) is 13.8 Å². The fraction of sp³-hybridized carbons (Fsp3) is 0.875. The minimum absolute atomic E-state index is 0.617. The van der Waals surface area contributed by atoms with Crippen molar-refractivity contribution in [2.24, 2.45) is 17.6 Å². The van der Waals surface area contributed by atoms with Crippen LogP contribution < -0.4 is 5.73 Å². The normalized spacial score (nSPS) is 32.5. The van der Waals surface area contributed by atoms with Crippen molar-refractivity contribution < 1.29 is 0 Å². The molecule has 2 unspecified atom stereocenters. The van der Waals surface area contributed by atoms with Crippen LogP contribution in [0.4, 0.5) is 0 Å². The maximum atomic E-state index is 5.45. The molecule has 0 aromatic heterocycles. The molecule has 2 atom stereocenters. The first-order valence-electron chi connectivity index (χ1n) is 4.10. The molecule has 1 saturated heterocycles. The first-order chi connectivity index (χ1) is 5.09. The van der Waals surface area contributed by atoms with Gasteiger partial charge in [-0.25, -0.2) is 0 Å². The average molecular weight is 172 g/mol. The summed E-state index contributed by atoms with van der Waals surface area (Å²) in [5.41, 5.74) is 5.45. The van der Waals surface area contributed by atoms with Crippen LogP contribution in [0.25, 0.3) is 0 Å². The van der Waals surface area contributed by atoms with Gasteiger partial charge in [0.05, 0.1) is 4.99 Å². The maximum Gasteiger partial charge on any atom is 0.0870 e. The van der Waals surface area contributed by atoms with Gasteiger partial charge in [0.15, 0.2) is 0 Å². The molecule has 1 rings (SSSR count). The van der Waals surface area contributed by atoms with E-state index in [4.69, 9.17) is 18.0 Å². The van der Waals surface area contributed by atoms with Gasteiger partial charge in [-0.1, -0.05) is 26.1 Å². The third-order valence-electron chi connectivity index (χ3n) is 2.44. The van der Waals surface area contributed by atoms with Gasteiger partial charge in [-0.2, -0.15) is 0 Å². The van der Waals surface area contributed by atoms with Gasteiger partial charge in [0.25, 0.3) is 0 Å². The summed E-state index contributed by atoms with van der Waals surface area (Å²) in [4.78, 5) is 2.95. The Morgan fingerprint density at radius 1 is 1.45 bits per heavy atom. The van der Waals surface area contributed by atoms with Gasteiger partial charge in [-0.15, -0.1) is 0 Å². The summed E-state index contributed by atoms with van der Waals surface area (Å²) in [6.07, 6.45) is 0. The van der Waals surface area contributed by atoms with Crippen LogP contribution in [0.2, 0.25) is 0 Å². The van der Waals surface area contributed by atoms with E-state index in [1.165, 1.54) is 0 Å². The van der Waals surface area contributed by atoms with Crippen LogP contribution in [0.3, 0.4) is 0 Å². The molecule has 0 aromatic rings. The Hall–Kier alpha value is -0.150. The Labute approximate surface area is 73.7 Å². The van der Waals surface area contributed by atoms with E-state index >= 15 is 0 Å². The van der Waals surface area contributed by atoms with Crippen LogP contribution in [-0.2, 0) is 0 Å². The summed E-state index contributed by atoms with van der Waals surface area (Å²) < 4.78 is 0. The number of hydrogen-bond acceptors (Lipinski definition) is 2. The minimum Gasteiger partial charge on any atom is -0.392 e. The van der Waals surface area contributed by atoms with Crippen LogP contribution in [0.5, 0.6) is 0 Å². The molecule has 11 heavy (non-hydrogen) atoms. The summed E-state index contributed by atoms with van der Waals surface area (Å²) in [6, 6.07) is 0. The fourth-order valence-electron chi connectivity index (χ4n) is 1.60. The Morgan fingerprint density at radius 2 is 1.91 bits per heavy atom. The van der Waals surface area contributed by atoms with Gasteiger partial charge in [-0.05, 0) is 11.8 Å². The number of likely N-dealkylation sites (tertiary alicyclic amines) is 1. The molecular weight excluding hydrogens is 156 g/mol. The predicted octanol–water partition coefficient (Wildman–Crippen LogP) is 0.860. The van der Waals surface area contributed by atoms with Crippen molar-refractivity contribution in [1.29, 1.82) is 0 Å². The molecule has 2 N–H and O–H groups in total. The topological polar surface area (TPSA) is 29.3 Å². The van der Waals surface area contributed by atoms with Crippen LogP contribution >= 0.6 is 12.2 Å². The zero-order valence-corrected chi connectivity index (χ0v) is 8.03. The van der Waals surface area contributed by atoms with Gasteiger partial charge < -0.3 is 5.73 Å². The van der Waals surface area contributed by atoms with E-state index in [2.05, 4.69) is 18.7 Å². The fourth-order valence-corrected chi connectivity index (χ4v) is 1.78. The van der Waals surface area contributed by atoms with Crippen molar-refractivity contribution in [2.45, 2.75) is 13.8 Å². The Balaban J connectivity index is 2.35. The molecule has 0 aromatic carbocycles. The highest BCUT2D eigenvalue weighted by Gasteiger charge is 2.25. The van der Waals surface area contributed by atoms with E-state index in [9.17, 15) is 0 Å². The molecular formula is C8H16N2S. The summed E-state index contributed by atoms with van der Waals surface area (Å²) >= 11 is 4.85. The molecule has 0 amide bonds. The first-order valence-corrected chi connectivity index (χ1v) is 4.51. The average Bonchev–Trinajstić information content (AvgIpc) is 2.10. The van der Waals surface area contributed by atoms with Gasteiger partial charge in [0.1, 0.15) is 0 Å².